The van der Waals surface area contributed by atoms with Crippen molar-refractivity contribution in [2.24, 2.45) is 5.73 Å². The maximum absolute atomic E-state index is 5.84. The van der Waals surface area contributed by atoms with Gasteiger partial charge < -0.3 is 19.5 Å². The van der Waals surface area contributed by atoms with E-state index in [1.54, 1.807) is 0 Å². The van der Waals surface area contributed by atoms with Crippen molar-refractivity contribution in [1.82, 2.24) is 4.90 Å². The summed E-state index contributed by atoms with van der Waals surface area (Å²) >= 11 is 0. The van der Waals surface area contributed by atoms with Crippen LogP contribution in [-0.2, 0) is 8.85 Å². The molecule has 4 nitrogen and oxygen atoms in total. The number of nitrogens with zero attached hydrogens (tertiary/aromatic N) is 1. The Morgan fingerprint density at radius 1 is 0.655 bits per heavy atom. The summed E-state index contributed by atoms with van der Waals surface area (Å²) in [5.41, 5.74) is 5.58. The van der Waals surface area contributed by atoms with Gasteiger partial charge in [-0.25, -0.2) is 0 Å². The standard InChI is InChI=1S/C23H54N2O2Si2/c1-7-26-28-22(3,4)16-20-25(21-17-23(5,6)29-27-8-2)19-15-13-11-9-10-12-14-18-24/h7-21,24,28-29H2,1-6H3. The van der Waals surface area contributed by atoms with E-state index in [1.807, 2.05) is 0 Å². The Bertz CT molecular complexity index is 345. The monoisotopic (exact) mass is 446 g/mol. The first-order valence-electron chi connectivity index (χ1n) is 12.3. The number of rotatable bonds is 21. The number of unbranched alkanes of at least 4 members (excludes halogenated alkanes) is 6. The Balaban J connectivity index is 4.36. The largest absolute Gasteiger partial charge is 0.424 e. The predicted octanol–water partition coefficient (Wildman–Crippen LogP) is 4.40. The van der Waals surface area contributed by atoms with Crippen LogP contribution >= 0.6 is 0 Å². The first kappa shape index (κ1) is 29.3. The van der Waals surface area contributed by atoms with Gasteiger partial charge in [0, 0.05) is 13.2 Å². The normalized spacial score (nSPS) is 13.7. The molecule has 0 spiro atoms. The van der Waals surface area contributed by atoms with Gasteiger partial charge in [-0.1, -0.05) is 59.8 Å². The molecule has 0 heterocycles. The van der Waals surface area contributed by atoms with Gasteiger partial charge in [-0.2, -0.15) is 0 Å². The summed E-state index contributed by atoms with van der Waals surface area (Å²) in [6.45, 7) is 20.1. The van der Waals surface area contributed by atoms with Crippen LogP contribution in [0.5, 0.6) is 0 Å². The Labute approximate surface area is 187 Å². The van der Waals surface area contributed by atoms with Gasteiger partial charge in [-0.05, 0) is 75.8 Å². The molecule has 0 aromatic carbocycles. The van der Waals surface area contributed by atoms with Crippen LogP contribution in [-0.4, -0.2) is 63.8 Å². The molecule has 0 rings (SSSR count). The Hall–Kier alpha value is 0.274. The molecule has 0 aliphatic carbocycles. The van der Waals surface area contributed by atoms with Crippen molar-refractivity contribution in [3.8, 4) is 0 Å². The fraction of sp³-hybridized carbons (Fsp3) is 1.00. The van der Waals surface area contributed by atoms with Gasteiger partial charge in [-0.3, -0.25) is 0 Å². The SMILES string of the molecule is CCO[SiH2]C(C)(C)CCN(CCCCCCCCCN)CCC(C)(C)[SiH2]OCC. The minimum absolute atomic E-state index is 0.396. The first-order valence-corrected chi connectivity index (χ1v) is 14.9. The van der Waals surface area contributed by atoms with Crippen molar-refractivity contribution in [2.75, 3.05) is 39.4 Å². The second-order valence-electron chi connectivity index (χ2n) is 10.2. The van der Waals surface area contributed by atoms with Crippen LogP contribution in [0, 0.1) is 0 Å². The summed E-state index contributed by atoms with van der Waals surface area (Å²) in [6, 6.07) is 0. The highest BCUT2D eigenvalue weighted by Crippen LogP contribution is 2.30. The highest BCUT2D eigenvalue weighted by molar-refractivity contribution is 6.32. The van der Waals surface area contributed by atoms with Crippen LogP contribution in [0.25, 0.3) is 0 Å². The second kappa shape index (κ2) is 17.9. The lowest BCUT2D eigenvalue weighted by atomic mass is 10.1. The van der Waals surface area contributed by atoms with E-state index in [4.69, 9.17) is 14.6 Å². The van der Waals surface area contributed by atoms with Crippen LogP contribution in [0.3, 0.4) is 0 Å². The third-order valence-electron chi connectivity index (χ3n) is 5.78. The zero-order chi connectivity index (χ0) is 22.0. The molecular weight excluding hydrogens is 392 g/mol. The molecule has 0 aliphatic heterocycles. The number of hydrogen-bond acceptors (Lipinski definition) is 4. The molecule has 0 saturated heterocycles. The molecule has 176 valence electrons. The summed E-state index contributed by atoms with van der Waals surface area (Å²) in [7, 11) is -0.886. The topological polar surface area (TPSA) is 47.7 Å². The Kier molecular flexibility index (Phi) is 18.1. The summed E-state index contributed by atoms with van der Waals surface area (Å²) in [6.07, 6.45) is 11.8. The van der Waals surface area contributed by atoms with Gasteiger partial charge in [0.15, 0.2) is 19.5 Å². The molecule has 0 aromatic heterocycles. The molecule has 0 atom stereocenters. The van der Waals surface area contributed by atoms with E-state index in [-0.39, 0.29) is 0 Å². The van der Waals surface area contributed by atoms with E-state index < -0.39 is 19.5 Å². The highest BCUT2D eigenvalue weighted by atomic mass is 28.2. The molecule has 2 N–H and O–H groups in total. The van der Waals surface area contributed by atoms with Crippen molar-refractivity contribution in [3.63, 3.8) is 0 Å². The molecule has 0 fully saturated rings. The first-order chi connectivity index (χ1) is 13.8. The predicted molar refractivity (Wildman–Crippen MR) is 135 cm³/mol. The van der Waals surface area contributed by atoms with Gasteiger partial charge in [0.1, 0.15) is 0 Å². The third-order valence-corrected chi connectivity index (χ3v) is 9.28. The molecule has 0 saturated carbocycles. The van der Waals surface area contributed by atoms with Crippen molar-refractivity contribution in [2.45, 2.75) is 109 Å². The van der Waals surface area contributed by atoms with Gasteiger partial charge in [0.25, 0.3) is 0 Å². The lowest BCUT2D eigenvalue weighted by Crippen LogP contribution is -2.33. The summed E-state index contributed by atoms with van der Waals surface area (Å²) in [4.78, 5) is 2.73. The fourth-order valence-corrected chi connectivity index (χ4v) is 5.64. The van der Waals surface area contributed by atoms with Crippen molar-refractivity contribution in [1.29, 1.82) is 0 Å². The van der Waals surface area contributed by atoms with Gasteiger partial charge in [0.2, 0.25) is 0 Å². The molecular formula is C23H54N2O2Si2. The summed E-state index contributed by atoms with van der Waals surface area (Å²) in [5.74, 6) is 0. The molecule has 0 amide bonds. The van der Waals surface area contributed by atoms with E-state index in [9.17, 15) is 0 Å². The zero-order valence-electron chi connectivity index (χ0n) is 20.9. The van der Waals surface area contributed by atoms with Crippen LogP contribution in [0.2, 0.25) is 10.1 Å². The maximum Gasteiger partial charge on any atom is 0.167 e. The van der Waals surface area contributed by atoms with E-state index in [0.29, 0.717) is 10.1 Å². The van der Waals surface area contributed by atoms with Gasteiger partial charge in [-0.15, -0.1) is 0 Å². The van der Waals surface area contributed by atoms with Crippen LogP contribution in [0.1, 0.15) is 99.3 Å². The smallest absolute Gasteiger partial charge is 0.167 e. The average Bonchev–Trinajstić information content (AvgIpc) is 2.68. The van der Waals surface area contributed by atoms with Gasteiger partial charge in [0.05, 0.1) is 0 Å². The average molecular weight is 447 g/mol. The lowest BCUT2D eigenvalue weighted by Gasteiger charge is -2.32. The third kappa shape index (κ3) is 18.7. The number of nitrogens with two attached hydrogens (primary N) is 1. The van der Waals surface area contributed by atoms with Crippen LogP contribution < -0.4 is 5.73 Å². The highest BCUT2D eigenvalue weighted by Gasteiger charge is 2.23. The van der Waals surface area contributed by atoms with Crippen molar-refractivity contribution in [3.05, 3.63) is 0 Å². The van der Waals surface area contributed by atoms with E-state index >= 15 is 0 Å². The van der Waals surface area contributed by atoms with Crippen molar-refractivity contribution >= 4 is 19.5 Å². The Morgan fingerprint density at radius 3 is 1.48 bits per heavy atom. The van der Waals surface area contributed by atoms with Crippen LogP contribution in [0.4, 0.5) is 0 Å². The minimum Gasteiger partial charge on any atom is -0.424 e. The quantitative estimate of drug-likeness (QED) is 0.210. The molecule has 0 unspecified atom stereocenters. The molecule has 0 bridgehead atoms. The number of hydrogen-bond donors (Lipinski definition) is 1. The second-order valence-corrected chi connectivity index (χ2v) is 15.4. The Morgan fingerprint density at radius 2 is 1.07 bits per heavy atom. The van der Waals surface area contributed by atoms with Crippen LogP contribution in [0.15, 0.2) is 0 Å². The zero-order valence-corrected chi connectivity index (χ0v) is 23.7. The molecule has 6 heteroatoms. The van der Waals surface area contributed by atoms with E-state index in [2.05, 4.69) is 46.4 Å². The maximum atomic E-state index is 5.84. The molecule has 0 aromatic rings. The minimum atomic E-state index is -0.443. The van der Waals surface area contributed by atoms with E-state index in [0.717, 1.165) is 19.8 Å². The molecule has 29 heavy (non-hydrogen) atoms. The summed E-state index contributed by atoms with van der Waals surface area (Å²) in [5, 5.41) is 0.791. The van der Waals surface area contributed by atoms with E-state index in [1.165, 1.54) is 77.4 Å². The summed E-state index contributed by atoms with van der Waals surface area (Å²) < 4.78 is 11.7. The lowest BCUT2D eigenvalue weighted by molar-refractivity contribution is 0.232. The fourth-order valence-electron chi connectivity index (χ4n) is 3.52. The molecule has 0 radical (unpaired) electrons. The van der Waals surface area contributed by atoms with Gasteiger partial charge >= 0.3 is 0 Å². The van der Waals surface area contributed by atoms with Crippen molar-refractivity contribution < 1.29 is 8.85 Å². The molecule has 0 aliphatic rings.